The maximum absolute atomic E-state index is 12.7. The Labute approximate surface area is 159 Å². The molecule has 27 heavy (non-hydrogen) atoms. The number of aryl methyl sites for hydroxylation is 1. The summed E-state index contributed by atoms with van der Waals surface area (Å²) in [5.41, 5.74) is 2.34. The van der Waals surface area contributed by atoms with Crippen LogP contribution in [0.5, 0.6) is 5.88 Å². The van der Waals surface area contributed by atoms with Crippen LogP contribution in [0.3, 0.4) is 0 Å². The average molecular weight is 369 g/mol. The molecule has 2 saturated carbocycles. The first-order chi connectivity index (χ1) is 13.0. The molecule has 1 aromatic carbocycles. The Bertz CT molecular complexity index is 827. The molecular formula is C21H27N3O3. The van der Waals surface area contributed by atoms with Gasteiger partial charge in [-0.3, -0.25) is 4.79 Å². The highest BCUT2D eigenvalue weighted by atomic mass is 16.5. The third-order valence-electron chi connectivity index (χ3n) is 6.28. The number of nitrogens with zero attached hydrogens (tertiary/aromatic N) is 3. The molecule has 0 saturated heterocycles. The van der Waals surface area contributed by atoms with Gasteiger partial charge in [-0.1, -0.05) is 12.1 Å². The first-order valence-corrected chi connectivity index (χ1v) is 9.78. The number of aliphatic hydroxyl groups is 1. The molecule has 6 heteroatoms. The highest BCUT2D eigenvalue weighted by Crippen LogP contribution is 2.45. The predicted octanol–water partition coefficient (Wildman–Crippen LogP) is 2.58. The number of aromatic nitrogens is 2. The Morgan fingerprint density at radius 1 is 1.15 bits per heavy atom. The number of rotatable bonds is 5. The SMILES string of the molecule is COc1nc2ccccc2nc1CCC(=O)N(C)C1C[C@H]2CC(O)C[C@H]2C1. The molecule has 1 N–H and O–H groups in total. The van der Waals surface area contributed by atoms with Gasteiger partial charge in [0.15, 0.2) is 0 Å². The maximum Gasteiger partial charge on any atom is 0.235 e. The van der Waals surface area contributed by atoms with E-state index in [0.717, 1.165) is 42.4 Å². The van der Waals surface area contributed by atoms with E-state index in [-0.39, 0.29) is 12.0 Å². The van der Waals surface area contributed by atoms with Gasteiger partial charge in [-0.25, -0.2) is 9.97 Å². The molecular weight excluding hydrogens is 342 g/mol. The number of para-hydroxylation sites is 2. The molecule has 2 aromatic rings. The van der Waals surface area contributed by atoms with Crippen LogP contribution < -0.4 is 4.74 Å². The second-order valence-corrected chi connectivity index (χ2v) is 7.94. The fourth-order valence-corrected chi connectivity index (χ4v) is 4.82. The van der Waals surface area contributed by atoms with Crippen LogP contribution in [0.2, 0.25) is 0 Å². The zero-order valence-electron chi connectivity index (χ0n) is 16.0. The number of aliphatic hydroxyl groups excluding tert-OH is 1. The summed E-state index contributed by atoms with van der Waals surface area (Å²) in [5, 5.41) is 9.80. The topological polar surface area (TPSA) is 75.6 Å². The summed E-state index contributed by atoms with van der Waals surface area (Å²) in [6, 6.07) is 7.97. The summed E-state index contributed by atoms with van der Waals surface area (Å²) in [5.74, 6) is 1.78. The van der Waals surface area contributed by atoms with E-state index in [1.807, 2.05) is 36.2 Å². The number of carbonyl (C=O) groups excluding carboxylic acids is 1. The third-order valence-corrected chi connectivity index (χ3v) is 6.28. The summed E-state index contributed by atoms with van der Waals surface area (Å²) >= 11 is 0. The molecule has 2 fully saturated rings. The predicted molar refractivity (Wildman–Crippen MR) is 102 cm³/mol. The fourth-order valence-electron chi connectivity index (χ4n) is 4.82. The molecule has 6 nitrogen and oxygen atoms in total. The molecule has 4 rings (SSSR count). The lowest BCUT2D eigenvalue weighted by atomic mass is 10.0. The van der Waals surface area contributed by atoms with Crippen molar-refractivity contribution in [1.29, 1.82) is 0 Å². The van der Waals surface area contributed by atoms with Crippen molar-refractivity contribution in [2.75, 3.05) is 14.2 Å². The first-order valence-electron chi connectivity index (χ1n) is 9.78. The molecule has 2 aliphatic rings. The summed E-state index contributed by atoms with van der Waals surface area (Å²) in [6.07, 6.45) is 4.60. The maximum atomic E-state index is 12.7. The Morgan fingerprint density at radius 3 is 2.41 bits per heavy atom. The Morgan fingerprint density at radius 2 is 1.78 bits per heavy atom. The highest BCUT2D eigenvalue weighted by Gasteiger charge is 2.42. The minimum Gasteiger partial charge on any atom is -0.480 e. The molecule has 1 heterocycles. The lowest BCUT2D eigenvalue weighted by Gasteiger charge is -2.25. The average Bonchev–Trinajstić information content (AvgIpc) is 3.22. The number of hydrogen-bond acceptors (Lipinski definition) is 5. The van der Waals surface area contributed by atoms with E-state index in [1.165, 1.54) is 0 Å². The largest absolute Gasteiger partial charge is 0.480 e. The van der Waals surface area contributed by atoms with Gasteiger partial charge in [-0.2, -0.15) is 0 Å². The van der Waals surface area contributed by atoms with Crippen LogP contribution in [0, 0.1) is 11.8 Å². The van der Waals surface area contributed by atoms with Crippen LogP contribution in [-0.4, -0.2) is 52.2 Å². The molecule has 1 aromatic heterocycles. The lowest BCUT2D eigenvalue weighted by molar-refractivity contribution is -0.132. The van der Waals surface area contributed by atoms with Crippen molar-refractivity contribution in [2.24, 2.45) is 11.8 Å². The Balaban J connectivity index is 1.40. The molecule has 0 radical (unpaired) electrons. The van der Waals surface area contributed by atoms with Gasteiger partial charge in [-0.15, -0.1) is 0 Å². The van der Waals surface area contributed by atoms with Crippen molar-refractivity contribution in [3.05, 3.63) is 30.0 Å². The van der Waals surface area contributed by atoms with E-state index in [9.17, 15) is 9.90 Å². The molecule has 4 atom stereocenters. The lowest BCUT2D eigenvalue weighted by Crippen LogP contribution is -2.36. The number of benzene rings is 1. The van der Waals surface area contributed by atoms with Crippen molar-refractivity contribution in [1.82, 2.24) is 14.9 Å². The second-order valence-electron chi connectivity index (χ2n) is 7.94. The number of methoxy groups -OCH3 is 1. The second kappa shape index (κ2) is 7.43. The van der Waals surface area contributed by atoms with E-state index >= 15 is 0 Å². The van der Waals surface area contributed by atoms with Crippen LogP contribution in [0.1, 0.15) is 37.8 Å². The van der Waals surface area contributed by atoms with Gasteiger partial charge in [0.1, 0.15) is 5.69 Å². The summed E-state index contributed by atoms with van der Waals surface area (Å²) in [4.78, 5) is 23.8. The summed E-state index contributed by atoms with van der Waals surface area (Å²) < 4.78 is 5.38. The van der Waals surface area contributed by atoms with Gasteiger partial charge in [0.2, 0.25) is 11.8 Å². The third kappa shape index (κ3) is 3.63. The zero-order valence-corrected chi connectivity index (χ0v) is 16.0. The molecule has 0 bridgehead atoms. The van der Waals surface area contributed by atoms with Crippen molar-refractivity contribution < 1.29 is 14.6 Å². The van der Waals surface area contributed by atoms with Crippen molar-refractivity contribution in [3.63, 3.8) is 0 Å². The highest BCUT2D eigenvalue weighted by molar-refractivity contribution is 5.77. The zero-order chi connectivity index (χ0) is 19.0. The van der Waals surface area contributed by atoms with Gasteiger partial charge in [0, 0.05) is 25.9 Å². The molecule has 0 spiro atoms. The van der Waals surface area contributed by atoms with Crippen LogP contribution in [0.15, 0.2) is 24.3 Å². The normalized spacial score (nSPS) is 26.9. The van der Waals surface area contributed by atoms with Crippen LogP contribution in [-0.2, 0) is 11.2 Å². The molecule has 144 valence electrons. The number of ether oxygens (including phenoxy) is 1. The van der Waals surface area contributed by atoms with Gasteiger partial charge < -0.3 is 14.7 Å². The number of fused-ring (bicyclic) bond motifs is 2. The summed E-state index contributed by atoms with van der Waals surface area (Å²) in [7, 11) is 3.50. The Kier molecular flexibility index (Phi) is 5.00. The minimum atomic E-state index is -0.138. The number of hydrogen-bond donors (Lipinski definition) is 1. The van der Waals surface area contributed by atoms with Crippen molar-refractivity contribution in [2.45, 2.75) is 50.7 Å². The fraction of sp³-hybridized carbons (Fsp3) is 0.571. The quantitative estimate of drug-likeness (QED) is 0.877. The summed E-state index contributed by atoms with van der Waals surface area (Å²) in [6.45, 7) is 0. The van der Waals surface area contributed by atoms with Crippen LogP contribution >= 0.6 is 0 Å². The van der Waals surface area contributed by atoms with E-state index < -0.39 is 0 Å². The molecule has 1 amide bonds. The van der Waals surface area contributed by atoms with Gasteiger partial charge >= 0.3 is 0 Å². The molecule has 2 unspecified atom stereocenters. The van der Waals surface area contributed by atoms with E-state index in [1.54, 1.807) is 7.11 Å². The van der Waals surface area contributed by atoms with Crippen LogP contribution in [0.25, 0.3) is 11.0 Å². The molecule has 0 aliphatic heterocycles. The smallest absolute Gasteiger partial charge is 0.235 e. The monoisotopic (exact) mass is 369 g/mol. The first kappa shape index (κ1) is 18.2. The number of amides is 1. The van der Waals surface area contributed by atoms with Gasteiger partial charge in [0.05, 0.1) is 24.2 Å². The van der Waals surface area contributed by atoms with Gasteiger partial charge in [0.25, 0.3) is 0 Å². The van der Waals surface area contributed by atoms with E-state index in [0.29, 0.717) is 36.6 Å². The van der Waals surface area contributed by atoms with Crippen LogP contribution in [0.4, 0.5) is 0 Å². The van der Waals surface area contributed by atoms with E-state index in [4.69, 9.17) is 4.74 Å². The van der Waals surface area contributed by atoms with Gasteiger partial charge in [-0.05, 0) is 49.7 Å². The number of carbonyl (C=O) groups is 1. The Hall–Kier alpha value is -2.21. The molecule has 2 aliphatic carbocycles. The van der Waals surface area contributed by atoms with Crippen molar-refractivity contribution in [3.8, 4) is 5.88 Å². The minimum absolute atomic E-state index is 0.137. The van der Waals surface area contributed by atoms with Crippen molar-refractivity contribution >= 4 is 16.9 Å². The standard InChI is InChI=1S/C21H27N3O3/c1-24(15-9-13-11-16(25)12-14(13)10-15)20(26)8-7-19-21(27-2)23-18-6-4-3-5-17(18)22-19/h3-6,13-16,25H,7-12H2,1-2H3/t13-,14+,15?,16?. The van der Waals surface area contributed by atoms with E-state index in [2.05, 4.69) is 9.97 Å².